The zero-order valence-corrected chi connectivity index (χ0v) is 11.5. The van der Waals surface area contributed by atoms with E-state index < -0.39 is 0 Å². The van der Waals surface area contributed by atoms with Crippen LogP contribution in [-0.4, -0.2) is 35.8 Å². The molecule has 96 valence electrons. The number of nitrogens with zero attached hydrogens (tertiary/aromatic N) is 1. The molecule has 1 aliphatic rings. The normalized spacial score (nSPS) is 14.2. The Labute approximate surface area is 113 Å². The summed E-state index contributed by atoms with van der Waals surface area (Å²) in [6.45, 7) is 2.64. The molecular weight excluding hydrogens is 270 g/mol. The predicted molar refractivity (Wildman–Crippen MR) is 74.3 cm³/mol. The Bertz CT molecular complexity index is 496. The number of carbonyl (C=O) groups is 2. The van der Waals surface area contributed by atoms with E-state index in [4.69, 9.17) is 0 Å². The number of carbonyl (C=O) groups excluding carboxylic acids is 2. The van der Waals surface area contributed by atoms with Crippen molar-refractivity contribution in [3.8, 4) is 0 Å². The van der Waals surface area contributed by atoms with Crippen molar-refractivity contribution in [2.45, 2.75) is 6.92 Å². The number of thiophene rings is 1. The SMILES string of the molecule is Cc1ccc(C(=O)NCC(=O)NC2=NCCS2)s1. The number of amides is 2. The van der Waals surface area contributed by atoms with Gasteiger partial charge in [0.05, 0.1) is 18.0 Å². The Kier molecular flexibility index (Phi) is 4.38. The quantitative estimate of drug-likeness (QED) is 0.869. The van der Waals surface area contributed by atoms with E-state index in [0.29, 0.717) is 10.0 Å². The Morgan fingerprint density at radius 3 is 2.89 bits per heavy atom. The van der Waals surface area contributed by atoms with Crippen molar-refractivity contribution < 1.29 is 9.59 Å². The van der Waals surface area contributed by atoms with Crippen molar-refractivity contribution in [1.29, 1.82) is 0 Å². The zero-order valence-electron chi connectivity index (χ0n) is 9.86. The van der Waals surface area contributed by atoms with E-state index in [9.17, 15) is 9.59 Å². The summed E-state index contributed by atoms with van der Waals surface area (Å²) >= 11 is 2.92. The number of rotatable bonds is 3. The van der Waals surface area contributed by atoms with Gasteiger partial charge in [-0.25, -0.2) is 0 Å². The van der Waals surface area contributed by atoms with Crippen LogP contribution in [0.15, 0.2) is 17.1 Å². The van der Waals surface area contributed by atoms with Gasteiger partial charge in [0, 0.05) is 10.6 Å². The number of thioether (sulfide) groups is 1. The second-order valence-corrected chi connectivity index (χ2v) is 6.05. The van der Waals surface area contributed by atoms with Crippen LogP contribution in [0.1, 0.15) is 14.5 Å². The van der Waals surface area contributed by atoms with E-state index in [0.717, 1.165) is 17.2 Å². The smallest absolute Gasteiger partial charge is 0.261 e. The van der Waals surface area contributed by atoms with Crippen molar-refractivity contribution >= 4 is 40.1 Å². The first-order valence-electron chi connectivity index (χ1n) is 5.47. The molecule has 0 atom stereocenters. The average Bonchev–Trinajstić information content (AvgIpc) is 2.97. The number of aryl methyl sites for hydroxylation is 1. The minimum absolute atomic E-state index is 0.0324. The van der Waals surface area contributed by atoms with Crippen LogP contribution < -0.4 is 10.6 Å². The van der Waals surface area contributed by atoms with Crippen LogP contribution in [0.2, 0.25) is 0 Å². The third kappa shape index (κ3) is 3.58. The van der Waals surface area contributed by atoms with Crippen molar-refractivity contribution in [2.75, 3.05) is 18.8 Å². The van der Waals surface area contributed by atoms with Gasteiger partial charge >= 0.3 is 0 Å². The molecule has 2 amide bonds. The molecule has 0 saturated heterocycles. The molecule has 0 radical (unpaired) electrons. The highest BCUT2D eigenvalue weighted by atomic mass is 32.2. The summed E-state index contributed by atoms with van der Waals surface area (Å²) in [7, 11) is 0. The number of hydrogen-bond donors (Lipinski definition) is 2. The van der Waals surface area contributed by atoms with E-state index in [1.807, 2.05) is 13.0 Å². The van der Waals surface area contributed by atoms with E-state index in [2.05, 4.69) is 15.6 Å². The van der Waals surface area contributed by atoms with Gasteiger partial charge in [-0.2, -0.15) is 0 Å². The minimum Gasteiger partial charge on any atom is -0.342 e. The molecule has 7 heteroatoms. The highest BCUT2D eigenvalue weighted by Gasteiger charge is 2.13. The first kappa shape index (κ1) is 13.1. The lowest BCUT2D eigenvalue weighted by Crippen LogP contribution is -2.38. The van der Waals surface area contributed by atoms with E-state index in [-0.39, 0.29) is 18.4 Å². The highest BCUT2D eigenvalue weighted by Crippen LogP contribution is 2.14. The second-order valence-electron chi connectivity index (χ2n) is 3.68. The Morgan fingerprint density at radius 2 is 2.28 bits per heavy atom. The molecule has 0 unspecified atom stereocenters. The summed E-state index contributed by atoms with van der Waals surface area (Å²) < 4.78 is 0. The van der Waals surface area contributed by atoms with Gasteiger partial charge in [-0.1, -0.05) is 11.8 Å². The van der Waals surface area contributed by atoms with Crippen molar-refractivity contribution in [3.63, 3.8) is 0 Å². The largest absolute Gasteiger partial charge is 0.342 e. The molecule has 2 N–H and O–H groups in total. The summed E-state index contributed by atoms with van der Waals surface area (Å²) in [4.78, 5) is 29.0. The monoisotopic (exact) mass is 283 g/mol. The van der Waals surface area contributed by atoms with E-state index >= 15 is 0 Å². The fourth-order valence-electron chi connectivity index (χ4n) is 1.38. The molecule has 0 aliphatic carbocycles. The third-order valence-electron chi connectivity index (χ3n) is 2.21. The van der Waals surface area contributed by atoms with Gasteiger partial charge in [-0.05, 0) is 19.1 Å². The van der Waals surface area contributed by atoms with E-state index in [1.54, 1.807) is 6.07 Å². The number of aliphatic imine (C=N–C) groups is 1. The van der Waals surface area contributed by atoms with Crippen LogP contribution in [0.4, 0.5) is 0 Å². The molecule has 1 aliphatic heterocycles. The van der Waals surface area contributed by atoms with Crippen LogP contribution in [0.25, 0.3) is 0 Å². The van der Waals surface area contributed by atoms with Crippen LogP contribution in [0, 0.1) is 6.92 Å². The lowest BCUT2D eigenvalue weighted by atomic mass is 10.4. The van der Waals surface area contributed by atoms with Crippen molar-refractivity contribution in [2.24, 2.45) is 4.99 Å². The first-order valence-corrected chi connectivity index (χ1v) is 7.27. The number of amidine groups is 1. The van der Waals surface area contributed by atoms with Gasteiger partial charge in [0.1, 0.15) is 0 Å². The molecule has 0 spiro atoms. The topological polar surface area (TPSA) is 70.6 Å². The second kappa shape index (κ2) is 6.01. The standard InChI is InChI=1S/C11H13N3O2S2/c1-7-2-3-8(18-7)10(16)13-6-9(15)14-11-12-4-5-17-11/h2-3H,4-6H2,1H3,(H,13,16)(H,12,14,15). The van der Waals surface area contributed by atoms with Gasteiger partial charge in [-0.3, -0.25) is 14.6 Å². The van der Waals surface area contributed by atoms with Crippen molar-refractivity contribution in [1.82, 2.24) is 10.6 Å². The maximum absolute atomic E-state index is 11.7. The molecule has 5 nitrogen and oxygen atoms in total. The molecule has 1 aromatic rings. The molecule has 1 aromatic heterocycles. The summed E-state index contributed by atoms with van der Waals surface area (Å²) in [6.07, 6.45) is 0. The molecule has 18 heavy (non-hydrogen) atoms. The van der Waals surface area contributed by atoms with Crippen LogP contribution >= 0.6 is 23.1 Å². The van der Waals surface area contributed by atoms with Gasteiger partial charge in [0.25, 0.3) is 5.91 Å². The van der Waals surface area contributed by atoms with E-state index in [1.165, 1.54) is 23.1 Å². The Morgan fingerprint density at radius 1 is 1.44 bits per heavy atom. The molecule has 0 aromatic carbocycles. The van der Waals surface area contributed by atoms with Crippen LogP contribution in [0.5, 0.6) is 0 Å². The van der Waals surface area contributed by atoms with Crippen LogP contribution in [0.3, 0.4) is 0 Å². The molecule has 0 fully saturated rings. The maximum atomic E-state index is 11.7. The third-order valence-corrected chi connectivity index (χ3v) is 4.10. The lowest BCUT2D eigenvalue weighted by Gasteiger charge is -2.04. The fraction of sp³-hybridized carbons (Fsp3) is 0.364. The first-order chi connectivity index (χ1) is 8.65. The fourth-order valence-corrected chi connectivity index (χ4v) is 2.91. The molecule has 0 bridgehead atoms. The Balaban J connectivity index is 1.77. The average molecular weight is 283 g/mol. The molecular formula is C11H13N3O2S2. The maximum Gasteiger partial charge on any atom is 0.261 e. The zero-order chi connectivity index (χ0) is 13.0. The Hall–Kier alpha value is -1.34. The van der Waals surface area contributed by atoms with Gasteiger partial charge in [0.15, 0.2) is 5.17 Å². The summed E-state index contributed by atoms with van der Waals surface area (Å²) in [6, 6.07) is 3.63. The number of nitrogens with one attached hydrogen (secondary N) is 2. The van der Waals surface area contributed by atoms with Crippen molar-refractivity contribution in [3.05, 3.63) is 21.9 Å². The molecule has 0 saturated carbocycles. The summed E-state index contributed by atoms with van der Waals surface area (Å²) in [5.41, 5.74) is 0. The van der Waals surface area contributed by atoms with Gasteiger partial charge < -0.3 is 10.6 Å². The minimum atomic E-state index is -0.246. The van der Waals surface area contributed by atoms with Gasteiger partial charge in [0.2, 0.25) is 5.91 Å². The van der Waals surface area contributed by atoms with Crippen LogP contribution in [-0.2, 0) is 4.79 Å². The molecule has 2 rings (SSSR count). The summed E-state index contributed by atoms with van der Waals surface area (Å²) in [5.74, 6) is 0.435. The van der Waals surface area contributed by atoms with Gasteiger partial charge in [-0.15, -0.1) is 11.3 Å². The summed E-state index contributed by atoms with van der Waals surface area (Å²) in [5, 5.41) is 5.87. The predicted octanol–water partition coefficient (Wildman–Crippen LogP) is 1.01. The lowest BCUT2D eigenvalue weighted by molar-refractivity contribution is -0.118. The number of hydrogen-bond acceptors (Lipinski definition) is 5. The molecule has 2 heterocycles. The highest BCUT2D eigenvalue weighted by molar-refractivity contribution is 8.14.